The molecule has 1 saturated carbocycles. The van der Waals surface area contributed by atoms with Crippen LogP contribution in [-0.4, -0.2) is 179 Å². The second kappa shape index (κ2) is 42.1. The van der Waals surface area contributed by atoms with E-state index in [-0.39, 0.29) is 107 Å². The van der Waals surface area contributed by atoms with Gasteiger partial charge in [0, 0.05) is 98.9 Å². The van der Waals surface area contributed by atoms with Crippen molar-refractivity contribution in [3.8, 4) is 68.5 Å². The summed E-state index contributed by atoms with van der Waals surface area (Å²) in [6.07, 6.45) is 6.01. The Balaban J connectivity index is 0.000000124. The van der Waals surface area contributed by atoms with Crippen LogP contribution in [0.15, 0.2) is 254 Å². The van der Waals surface area contributed by atoms with Crippen molar-refractivity contribution in [3.05, 3.63) is 351 Å². The maximum atomic E-state index is 13.5. The van der Waals surface area contributed by atoms with Crippen LogP contribution >= 0.6 is 0 Å². The van der Waals surface area contributed by atoms with E-state index in [9.17, 15) is 38.4 Å². The lowest BCUT2D eigenvalue weighted by atomic mass is 10.1. The molecule has 3 fully saturated rings. The number of nitrogens with zero attached hydrogens (tertiary/aromatic N) is 17. The molecule has 2 atom stereocenters. The van der Waals surface area contributed by atoms with Gasteiger partial charge in [0.1, 0.15) is 61.0 Å². The number of H-pyrrole nitrogens is 4. The Morgan fingerprint density at radius 1 is 0.383 bits per heavy atom. The Bertz CT molecular complexity index is 7680. The molecule has 6 N–H and O–H groups in total. The van der Waals surface area contributed by atoms with Gasteiger partial charge < -0.3 is 53.4 Å². The molecule has 2 saturated heterocycles. The summed E-state index contributed by atoms with van der Waals surface area (Å²) in [5.41, 5.74) is 9.82. The lowest BCUT2D eigenvalue weighted by molar-refractivity contribution is 0.0619. The summed E-state index contributed by atoms with van der Waals surface area (Å²) in [7, 11) is 5.12. The maximum absolute atomic E-state index is 13.5. The average molecular weight is 1900 g/mol. The lowest BCUT2D eigenvalue weighted by Crippen LogP contribution is -2.38. The molecule has 21 rings (SSSR count). The number of aromatic amines is 4. The van der Waals surface area contributed by atoms with E-state index >= 15 is 0 Å². The number of anilines is 2. The van der Waals surface area contributed by atoms with Crippen LogP contribution in [0.5, 0.6) is 23.0 Å². The minimum absolute atomic E-state index is 0.000538. The second-order valence-corrected chi connectivity index (χ2v) is 34.2. The van der Waals surface area contributed by atoms with Crippen LogP contribution in [0.4, 0.5) is 11.6 Å². The summed E-state index contributed by atoms with van der Waals surface area (Å²) in [5, 5.41) is 25.9. The first-order valence-electron chi connectivity index (χ1n) is 45.8. The number of amides is 4. The summed E-state index contributed by atoms with van der Waals surface area (Å²) in [4.78, 5) is 143. The third-order valence-corrected chi connectivity index (χ3v) is 24.0. The van der Waals surface area contributed by atoms with Crippen molar-refractivity contribution in [1.29, 1.82) is 0 Å². The zero-order valence-corrected chi connectivity index (χ0v) is 78.3. The number of fused-ring (bicyclic) bond motifs is 4. The number of nitrogens with one attached hydrogen (secondary N) is 6. The zero-order chi connectivity index (χ0) is 97.9. The molecule has 12 heterocycles. The van der Waals surface area contributed by atoms with Crippen LogP contribution in [0, 0.1) is 34.6 Å². The van der Waals surface area contributed by atoms with E-state index in [4.69, 9.17) is 32.9 Å². The van der Waals surface area contributed by atoms with Gasteiger partial charge in [0.25, 0.3) is 69.0 Å². The maximum Gasteiger partial charge on any atom is 0.274 e. The number of hydrogen-bond acceptors (Lipinski definition) is 25. The molecule has 18 aromatic rings. The fraction of sp³-hybridized carbons (Fsp3) is 0.243. The smallest absolute Gasteiger partial charge is 0.274 e. The first-order valence-corrected chi connectivity index (χ1v) is 45.8. The Kier molecular flexibility index (Phi) is 28.0. The van der Waals surface area contributed by atoms with Crippen molar-refractivity contribution in [2.45, 2.75) is 118 Å². The first kappa shape index (κ1) is 94.0. The molecule has 1 aliphatic carbocycles. The van der Waals surface area contributed by atoms with Gasteiger partial charge in [-0.15, -0.1) is 0 Å². The number of ether oxygens (including phenoxy) is 6. The fourth-order valence-electron chi connectivity index (χ4n) is 16.9. The van der Waals surface area contributed by atoms with Crippen molar-refractivity contribution in [3.63, 3.8) is 0 Å². The van der Waals surface area contributed by atoms with Crippen molar-refractivity contribution in [1.82, 2.24) is 103 Å². The van der Waals surface area contributed by atoms with Gasteiger partial charge in [0.05, 0.1) is 76.0 Å². The van der Waals surface area contributed by atoms with Crippen molar-refractivity contribution in [2.75, 3.05) is 51.2 Å². The summed E-state index contributed by atoms with van der Waals surface area (Å²) < 4.78 is 46.5. The molecule has 38 heteroatoms. The number of carbonyl (C=O) groups is 4. The van der Waals surface area contributed by atoms with E-state index in [1.807, 2.05) is 201 Å². The number of benzene rings is 8. The van der Waals surface area contributed by atoms with Gasteiger partial charge in [-0.2, -0.15) is 43.1 Å². The number of hydrogen-bond donors (Lipinski definition) is 6. The third-order valence-electron chi connectivity index (χ3n) is 24.0. The zero-order valence-electron chi connectivity index (χ0n) is 78.3. The first-order chi connectivity index (χ1) is 68.5. The molecule has 0 bridgehead atoms. The molecule has 2 aliphatic heterocycles. The number of carbonyl (C=O) groups excluding carboxylic acids is 4. The number of aryl methyl sites for hydroxylation is 6. The van der Waals surface area contributed by atoms with E-state index in [0.717, 1.165) is 88.7 Å². The van der Waals surface area contributed by atoms with Crippen LogP contribution in [0.1, 0.15) is 142 Å². The van der Waals surface area contributed by atoms with Gasteiger partial charge >= 0.3 is 0 Å². The Hall–Kier alpha value is -17.4. The molecule has 8 aromatic carbocycles. The van der Waals surface area contributed by atoms with Gasteiger partial charge in [-0.3, -0.25) is 63.4 Å². The Morgan fingerprint density at radius 3 is 1.01 bits per heavy atom. The molecule has 0 unspecified atom stereocenters. The molecule has 3 aliphatic rings. The van der Waals surface area contributed by atoms with E-state index in [0.29, 0.717) is 141 Å². The minimum Gasteiger partial charge on any atom is -0.486 e. The fourth-order valence-corrected chi connectivity index (χ4v) is 16.9. The van der Waals surface area contributed by atoms with Crippen LogP contribution in [0.25, 0.3) is 68.7 Å². The highest BCUT2D eigenvalue weighted by Gasteiger charge is 2.35. The predicted octanol–water partition coefficient (Wildman–Crippen LogP) is 13.8. The van der Waals surface area contributed by atoms with Crippen molar-refractivity contribution < 1.29 is 52.1 Å². The number of likely N-dealkylation sites (tertiary alicyclic amines) is 2. The lowest BCUT2D eigenvalue weighted by Gasteiger charge is -2.26. The average Bonchev–Trinajstić information content (AvgIpc) is 1.69. The predicted molar refractivity (Wildman–Crippen MR) is 522 cm³/mol. The van der Waals surface area contributed by atoms with Gasteiger partial charge in [-0.25, -0.2) is 19.9 Å². The quantitative estimate of drug-likeness (QED) is 0.0278. The van der Waals surface area contributed by atoms with Crippen LogP contribution in [-0.2, 0) is 42.9 Å². The summed E-state index contributed by atoms with van der Waals surface area (Å²) in [6.45, 7) is 11.6. The van der Waals surface area contributed by atoms with Gasteiger partial charge in [-0.1, -0.05) is 175 Å². The van der Waals surface area contributed by atoms with Crippen LogP contribution in [0.3, 0.4) is 0 Å². The highest BCUT2D eigenvalue weighted by Crippen LogP contribution is 2.41. The largest absolute Gasteiger partial charge is 0.486 e. The van der Waals surface area contributed by atoms with Gasteiger partial charge in [0.15, 0.2) is 29.1 Å². The highest BCUT2D eigenvalue weighted by atomic mass is 16.5. The molecule has 141 heavy (non-hydrogen) atoms. The van der Waals surface area contributed by atoms with Crippen LogP contribution in [0.2, 0.25) is 0 Å². The van der Waals surface area contributed by atoms with Gasteiger partial charge in [-0.05, 0) is 120 Å². The number of aromatic nitrogens is 19. The van der Waals surface area contributed by atoms with Gasteiger partial charge in [0.2, 0.25) is 0 Å². The van der Waals surface area contributed by atoms with E-state index in [1.165, 1.54) is 42.3 Å². The Labute approximate surface area is 804 Å². The molecule has 4 amide bonds. The normalized spacial score (nSPS) is 13.8. The summed E-state index contributed by atoms with van der Waals surface area (Å²) in [5.74, 6) is 6.05. The highest BCUT2D eigenvalue weighted by molar-refractivity contribution is 6.08. The molecule has 0 spiro atoms. The number of rotatable bonds is 27. The Morgan fingerprint density at radius 2 is 0.702 bits per heavy atom. The number of methoxy groups -OCH3 is 2. The molecule has 716 valence electrons. The molecule has 10 aromatic heterocycles. The summed E-state index contributed by atoms with van der Waals surface area (Å²) in [6, 6.07) is 69.0. The molecular formula is C103H99N23O15. The minimum atomic E-state index is -0.385. The summed E-state index contributed by atoms with van der Waals surface area (Å²) >= 11 is 0. The van der Waals surface area contributed by atoms with Crippen molar-refractivity contribution in [2.24, 2.45) is 7.05 Å². The van der Waals surface area contributed by atoms with E-state index < -0.39 is 0 Å². The molecular weight excluding hydrogens is 1800 g/mol. The monoisotopic (exact) mass is 1900 g/mol. The van der Waals surface area contributed by atoms with Crippen molar-refractivity contribution >= 4 is 58.4 Å². The van der Waals surface area contributed by atoms with Crippen LogP contribution < -0.4 is 51.8 Å². The molecule has 38 nitrogen and oxygen atoms in total. The second-order valence-electron chi connectivity index (χ2n) is 34.2. The SMILES string of the molecule is COC[C@@H]1CCCN1C(=O)c1c(C)cccc1OCc1cc(=O)n2[nH]c(-c3ccccc3)nc2n1.COC[C@H]1CCCN1C(=O)c1c(C)cccc1OCc1cc(=O)n2[nH]c(-c3ccccc3)nc2n1.Cc1cc(NC(=O)c2c(C)cccc2OCc2cc(=O)n3[nH]c(-c4ccccc4)nc3n2)no1.Cc1cccc(OCc2cc(=O)n3[nH]c(-c4ccccc4)nc3n2)c1C(=O)Nc1cc(C2CC2)nn1C. The topological polar surface area (TPSA) is 450 Å². The van der Waals surface area contributed by atoms with E-state index in [1.54, 1.807) is 75.2 Å². The van der Waals surface area contributed by atoms with E-state index in [2.05, 4.69) is 81.2 Å². The standard InChI is InChI=1S/C27H25N7O3.2C26H27N5O4.C24H20N6O4/c1-16-7-6-10-21(24(16)26(36)29-22-14-20(17-11-12-17)31-33(22)2)37-15-19-13-23(35)34-27(28-19)30-25(32-34)18-8-4-3-5-9-18;2*1-17-8-6-12-21(23(17)25(33)30-13-7-11-20(30)16-34-2)35-15-19-14-22(32)31-26(27-19)28-24(29-31)18-9-4-3-5-10-18;1-14-7-6-10-18(21(14)23(32)26-19-11-15(2)34-29-19)33-13-17-12-20(31)30-24(25-17)27-22(28-30)16-8-4-3-5-9-16/h3-10,13-14,17H,11-12,15H2,1-2H3,(H,29,36)(H,28,30,32);2*3-6,8-10,12,14,20H,7,11,13,15-16H2,1-2H3,(H,27,28,29);3-12H,13H2,1-2H3,(H,25,27,28)(H,26,29,32)/t;2*20-;/m.10./s1. The molecule has 0 radical (unpaired) electrons. The third kappa shape index (κ3) is 21.4.